The van der Waals surface area contributed by atoms with E-state index in [-0.39, 0.29) is 114 Å². The van der Waals surface area contributed by atoms with Crippen LogP contribution in [0, 0.1) is 40.5 Å². The second-order valence-corrected chi connectivity index (χ2v) is 26.5. The van der Waals surface area contributed by atoms with Crippen molar-refractivity contribution in [3.05, 3.63) is 243 Å². The van der Waals surface area contributed by atoms with Crippen LogP contribution in [0.4, 0.5) is 45.5 Å². The van der Waals surface area contributed by atoms with Crippen molar-refractivity contribution < 1.29 is 170 Å². The SMILES string of the molecule is O=C1c2ccccc2C(=O)c2c1ccc(O)c2OS(=O)(=O)c1cc2cc(S(=O)(=O)[O-])ccc2c(O)c1N=Nc1ccc([N+](=O)[O-])cc1[N+](=O)[O-].O=C1c2ccccc2C(=O)c2c1ccc(O)c2OS(=O)(=O)c1cc2cc(S(=O)(=O)[O-])ccc2c(O)c1N=Nc1ccc([N+](=O)[O-])cc1[N+](=O)[O-].[Na+].[Na+]. The number of hydrogen-bond donors (Lipinski definition) is 4. The number of phenolic OH excluding ortho intramolecular Hbond substituents is 4. The van der Waals surface area contributed by atoms with Crippen molar-refractivity contribution in [3.63, 3.8) is 0 Å². The minimum Gasteiger partial charge on any atom is -0.744 e. The van der Waals surface area contributed by atoms with Gasteiger partial charge in [0, 0.05) is 56.3 Å². The van der Waals surface area contributed by atoms with Gasteiger partial charge in [-0.3, -0.25) is 59.6 Å². The first-order valence-electron chi connectivity index (χ1n) is 27.2. The van der Waals surface area contributed by atoms with Gasteiger partial charge in [0.25, 0.3) is 11.4 Å². The Balaban J connectivity index is 0.000000233. The summed E-state index contributed by atoms with van der Waals surface area (Å²) in [7, 11) is -21.0. The summed E-state index contributed by atoms with van der Waals surface area (Å²) in [5.41, 5.74) is -8.63. The molecule has 0 aliphatic heterocycles. The van der Waals surface area contributed by atoms with Crippen molar-refractivity contribution in [3.8, 4) is 34.5 Å². The molecule has 42 heteroatoms. The van der Waals surface area contributed by atoms with Gasteiger partial charge in [0.15, 0.2) is 80.4 Å². The van der Waals surface area contributed by atoms with Crippen LogP contribution in [0.3, 0.4) is 0 Å². The van der Waals surface area contributed by atoms with E-state index in [1.807, 2.05) is 0 Å². The summed E-state index contributed by atoms with van der Waals surface area (Å²) in [6.07, 6.45) is 0. The van der Waals surface area contributed by atoms with E-state index in [0.29, 0.717) is 24.3 Å². The molecule has 36 nitrogen and oxygen atoms in total. The van der Waals surface area contributed by atoms with Crippen LogP contribution in [0.2, 0.25) is 0 Å². The number of non-ortho nitro benzene ring substituents is 2. The number of fused-ring (bicyclic) bond motifs is 6. The number of phenols is 4. The fourth-order valence-corrected chi connectivity index (χ4v) is 13.5. The van der Waals surface area contributed by atoms with E-state index in [0.717, 1.165) is 84.9 Å². The third-order valence-corrected chi connectivity index (χ3v) is 19.0. The predicted octanol–water partition coefficient (Wildman–Crippen LogP) is 3.87. The third-order valence-electron chi connectivity index (χ3n) is 14.8. The summed E-state index contributed by atoms with van der Waals surface area (Å²) in [5.74, 6) is -9.07. The van der Waals surface area contributed by atoms with E-state index >= 15 is 0 Å². The maximum absolute atomic E-state index is 14.0. The Morgan fingerprint density at radius 3 is 1.02 bits per heavy atom. The van der Waals surface area contributed by atoms with Gasteiger partial charge in [-0.25, -0.2) is 16.8 Å². The topological polar surface area (TPSA) is 572 Å². The fraction of sp³-hybridized carbons (Fsp3) is 0. The van der Waals surface area contributed by atoms with Crippen molar-refractivity contribution in [2.24, 2.45) is 20.5 Å². The van der Waals surface area contributed by atoms with Crippen LogP contribution >= 0.6 is 0 Å². The summed E-state index contributed by atoms with van der Waals surface area (Å²) in [4.78, 5) is 91.1. The predicted molar refractivity (Wildman–Crippen MR) is 333 cm³/mol. The monoisotopic (exact) mass is 1480 g/mol. The summed E-state index contributed by atoms with van der Waals surface area (Å²) < 4.78 is 137. The van der Waals surface area contributed by atoms with Crippen molar-refractivity contribution >= 4 is 131 Å². The first-order valence-corrected chi connectivity index (χ1v) is 32.8. The van der Waals surface area contributed by atoms with Crippen LogP contribution in [-0.4, -0.2) is 106 Å². The molecule has 10 aromatic carbocycles. The van der Waals surface area contributed by atoms with E-state index in [1.54, 1.807) is 0 Å². The maximum atomic E-state index is 14.0. The first-order chi connectivity index (χ1) is 47.0. The Morgan fingerprint density at radius 2 is 0.706 bits per heavy atom. The minimum absolute atomic E-state index is 0. The number of nitrogens with zero attached hydrogens (tertiary/aromatic N) is 8. The smallest absolute Gasteiger partial charge is 0.744 e. The zero-order valence-electron chi connectivity index (χ0n) is 50.8. The van der Waals surface area contributed by atoms with Crippen molar-refractivity contribution in [1.29, 1.82) is 0 Å². The quantitative estimate of drug-likeness (QED) is 0.0266. The molecule has 0 saturated carbocycles. The summed E-state index contributed by atoms with van der Waals surface area (Å²) in [6, 6.07) is 25.8. The van der Waals surface area contributed by atoms with Crippen molar-refractivity contribution in [1.82, 2.24) is 0 Å². The van der Waals surface area contributed by atoms with Crippen LogP contribution in [0.5, 0.6) is 34.5 Å². The molecule has 102 heavy (non-hydrogen) atoms. The van der Waals surface area contributed by atoms with E-state index in [9.17, 15) is 123 Å². The van der Waals surface area contributed by atoms with Crippen LogP contribution in [0.25, 0.3) is 21.5 Å². The zero-order valence-corrected chi connectivity index (χ0v) is 58.1. The van der Waals surface area contributed by atoms with Gasteiger partial charge in [-0.1, -0.05) is 48.5 Å². The van der Waals surface area contributed by atoms with Crippen LogP contribution in [0.1, 0.15) is 63.7 Å². The summed E-state index contributed by atoms with van der Waals surface area (Å²) >= 11 is 0. The molecule has 0 bridgehead atoms. The molecule has 2 aliphatic rings. The summed E-state index contributed by atoms with van der Waals surface area (Å²) in [5, 5.41) is 103. The molecule has 12 rings (SSSR count). The molecule has 504 valence electrons. The second kappa shape index (κ2) is 28.0. The van der Waals surface area contributed by atoms with Gasteiger partial charge in [-0.15, -0.1) is 20.5 Å². The molecule has 0 amide bonds. The van der Waals surface area contributed by atoms with Gasteiger partial charge in [0.2, 0.25) is 0 Å². The Morgan fingerprint density at radius 1 is 0.373 bits per heavy atom. The second-order valence-electron chi connectivity index (χ2n) is 20.7. The molecular formula is C60H30N8Na2O28S4. The van der Waals surface area contributed by atoms with E-state index in [2.05, 4.69) is 20.5 Å². The standard InChI is InChI=1S/2C30H16N4O14S2.2Na/c2*35-23-10-8-20-25(28(37)19-4-2-1-3-18(19)27(20)36)30(23)48-50(46,47)24-12-14-11-16(49(43,44)45)6-7-17(14)29(38)26(24)32-31-21-9-5-15(33(39)40)13-22(21)34(41)42;;/h2*1-13,35,38H,(H,43,44,45);;/q;;2*+1/p-2. The van der Waals surface area contributed by atoms with E-state index in [1.165, 1.54) is 48.5 Å². The number of benzene rings is 10. The Labute approximate surface area is 612 Å². The normalized spacial score (nSPS) is 12.6. The molecule has 0 fully saturated rings. The van der Waals surface area contributed by atoms with Gasteiger partial charge >= 0.3 is 90.7 Å². The number of ketones is 4. The molecular weight excluding hydrogens is 1450 g/mol. The van der Waals surface area contributed by atoms with Crippen LogP contribution in [-0.2, 0) is 40.5 Å². The van der Waals surface area contributed by atoms with Gasteiger partial charge in [-0.05, 0) is 95.7 Å². The number of hydrogen-bond acceptors (Lipinski definition) is 32. The largest absolute Gasteiger partial charge is 1.00 e. The Kier molecular flexibility index (Phi) is 20.6. The molecule has 2 aliphatic carbocycles. The molecule has 0 unspecified atom stereocenters. The third kappa shape index (κ3) is 14.0. The molecule has 0 radical (unpaired) electrons. The van der Waals surface area contributed by atoms with Crippen LogP contribution in [0.15, 0.2) is 198 Å². The molecule has 0 heterocycles. The van der Waals surface area contributed by atoms with E-state index in [4.69, 9.17) is 8.37 Å². The molecule has 0 spiro atoms. The van der Waals surface area contributed by atoms with Gasteiger partial charge in [0.1, 0.15) is 30.0 Å². The number of nitro benzene ring substituents is 4. The van der Waals surface area contributed by atoms with Gasteiger partial charge in [-0.2, -0.15) is 16.8 Å². The molecule has 0 aromatic heterocycles. The van der Waals surface area contributed by atoms with Crippen molar-refractivity contribution in [2.75, 3.05) is 0 Å². The molecule has 10 aromatic rings. The maximum Gasteiger partial charge on any atom is 1.00 e. The number of nitro groups is 4. The van der Waals surface area contributed by atoms with Crippen LogP contribution < -0.4 is 67.5 Å². The van der Waals surface area contributed by atoms with Gasteiger partial charge in [0.05, 0.1) is 52.7 Å². The molecule has 0 saturated heterocycles. The Hall–Kier alpha value is -11.3. The number of aromatic hydroxyl groups is 4. The molecule has 4 N–H and O–H groups in total. The number of rotatable bonds is 16. The number of carbonyl (C=O) groups is 4. The average Bonchev–Trinajstić information content (AvgIpc) is 0.748. The minimum atomic E-state index is -5.42. The van der Waals surface area contributed by atoms with E-state index < -0.39 is 194 Å². The molecule has 0 atom stereocenters. The number of azo groups is 2. The Bertz CT molecular complexity index is 5660. The van der Waals surface area contributed by atoms with Crippen molar-refractivity contribution in [2.45, 2.75) is 19.6 Å². The number of carbonyl (C=O) groups excluding carboxylic acids is 4. The summed E-state index contributed by atoms with van der Waals surface area (Å²) in [6.45, 7) is 0. The fourth-order valence-electron chi connectivity index (χ4n) is 10.2. The first kappa shape index (κ1) is 74.9. The van der Waals surface area contributed by atoms with Gasteiger partial charge < -0.3 is 37.9 Å². The average molecular weight is 1490 g/mol. The zero-order chi connectivity index (χ0) is 72.6.